The third-order valence-corrected chi connectivity index (χ3v) is 7.00. The van der Waals surface area contributed by atoms with Gasteiger partial charge < -0.3 is 4.74 Å². The lowest BCUT2D eigenvalue weighted by atomic mass is 9.81. The molecular formula is C28H40O. The van der Waals surface area contributed by atoms with Gasteiger partial charge in [-0.15, -0.1) is 0 Å². The Hall–Kier alpha value is -1.68. The molecule has 1 aromatic rings. The van der Waals surface area contributed by atoms with Crippen LogP contribution in [0.2, 0.25) is 0 Å². The van der Waals surface area contributed by atoms with E-state index >= 15 is 0 Å². The fourth-order valence-corrected chi connectivity index (χ4v) is 4.87. The molecule has 0 saturated heterocycles. The van der Waals surface area contributed by atoms with Gasteiger partial charge in [0.25, 0.3) is 0 Å². The molecule has 0 bridgehead atoms. The van der Waals surface area contributed by atoms with E-state index in [1.54, 1.807) is 0 Å². The van der Waals surface area contributed by atoms with Crippen molar-refractivity contribution in [2.45, 2.75) is 84.5 Å². The Labute approximate surface area is 179 Å². The SMILES string of the molecule is CCCc1ccc(OC[C@H]2CC[C@H](C#CC=C[C@H]3CC[C@H](CC)CC3)CC2)cc1. The van der Waals surface area contributed by atoms with Crippen LogP contribution in [0, 0.1) is 35.5 Å². The summed E-state index contributed by atoms with van der Waals surface area (Å²) < 4.78 is 6.05. The molecule has 2 saturated carbocycles. The number of allylic oxidation sites excluding steroid dienone is 2. The summed E-state index contributed by atoms with van der Waals surface area (Å²) in [4.78, 5) is 0. The molecule has 0 aliphatic heterocycles. The number of aryl methyl sites for hydroxylation is 1. The van der Waals surface area contributed by atoms with Gasteiger partial charge in [-0.3, -0.25) is 0 Å². The second-order valence-corrected chi connectivity index (χ2v) is 9.26. The Bertz CT molecular complexity index is 659. The number of hydrogen-bond acceptors (Lipinski definition) is 1. The van der Waals surface area contributed by atoms with Crippen LogP contribution in [0.4, 0.5) is 0 Å². The first-order valence-electron chi connectivity index (χ1n) is 12.2. The summed E-state index contributed by atoms with van der Waals surface area (Å²) in [5, 5.41) is 0. The van der Waals surface area contributed by atoms with Crippen LogP contribution in [-0.4, -0.2) is 6.61 Å². The van der Waals surface area contributed by atoms with Crippen molar-refractivity contribution < 1.29 is 4.74 Å². The molecule has 1 heteroatoms. The van der Waals surface area contributed by atoms with E-state index in [9.17, 15) is 0 Å². The van der Waals surface area contributed by atoms with Gasteiger partial charge in [-0.25, -0.2) is 0 Å². The van der Waals surface area contributed by atoms with E-state index in [1.807, 2.05) is 0 Å². The van der Waals surface area contributed by atoms with E-state index < -0.39 is 0 Å². The number of ether oxygens (including phenoxy) is 1. The van der Waals surface area contributed by atoms with Gasteiger partial charge in [-0.2, -0.15) is 0 Å². The largest absolute Gasteiger partial charge is 0.493 e. The Balaban J connectivity index is 1.32. The van der Waals surface area contributed by atoms with E-state index in [4.69, 9.17) is 4.74 Å². The molecule has 3 rings (SSSR count). The van der Waals surface area contributed by atoms with Crippen molar-refractivity contribution in [3.05, 3.63) is 42.0 Å². The highest BCUT2D eigenvalue weighted by Crippen LogP contribution is 2.31. The lowest BCUT2D eigenvalue weighted by Crippen LogP contribution is -2.19. The summed E-state index contributed by atoms with van der Waals surface area (Å²) in [5.74, 6) is 10.9. The Morgan fingerprint density at radius 3 is 2.24 bits per heavy atom. The second kappa shape index (κ2) is 12.1. The van der Waals surface area contributed by atoms with E-state index in [0.29, 0.717) is 11.8 Å². The van der Waals surface area contributed by atoms with Crippen LogP contribution in [0.5, 0.6) is 5.75 Å². The zero-order valence-electron chi connectivity index (χ0n) is 18.7. The molecule has 0 atom stereocenters. The van der Waals surface area contributed by atoms with Gasteiger partial charge in [0.2, 0.25) is 0 Å². The first-order valence-corrected chi connectivity index (χ1v) is 12.2. The van der Waals surface area contributed by atoms with Gasteiger partial charge in [0, 0.05) is 5.92 Å². The minimum Gasteiger partial charge on any atom is -0.493 e. The minimum absolute atomic E-state index is 0.583. The molecule has 0 N–H and O–H groups in total. The molecule has 2 aliphatic rings. The lowest BCUT2D eigenvalue weighted by Gasteiger charge is -2.25. The molecule has 29 heavy (non-hydrogen) atoms. The van der Waals surface area contributed by atoms with Crippen LogP contribution in [-0.2, 0) is 6.42 Å². The Morgan fingerprint density at radius 2 is 1.59 bits per heavy atom. The van der Waals surface area contributed by atoms with Crippen molar-refractivity contribution in [2.24, 2.45) is 23.7 Å². The molecule has 0 aromatic heterocycles. The third-order valence-electron chi connectivity index (χ3n) is 7.00. The van der Waals surface area contributed by atoms with Gasteiger partial charge in [0.15, 0.2) is 0 Å². The number of hydrogen-bond donors (Lipinski definition) is 0. The molecule has 2 fully saturated rings. The molecule has 0 spiro atoms. The molecule has 0 unspecified atom stereocenters. The molecule has 0 radical (unpaired) electrons. The third kappa shape index (κ3) is 7.58. The maximum atomic E-state index is 6.05. The fraction of sp³-hybridized carbons (Fsp3) is 0.643. The first-order chi connectivity index (χ1) is 14.3. The Kier molecular flexibility index (Phi) is 9.20. The molecule has 0 heterocycles. The molecule has 1 nitrogen and oxygen atoms in total. The lowest BCUT2D eigenvalue weighted by molar-refractivity contribution is 0.196. The van der Waals surface area contributed by atoms with E-state index in [0.717, 1.165) is 30.6 Å². The summed E-state index contributed by atoms with van der Waals surface area (Å²) in [6.45, 7) is 5.41. The summed E-state index contributed by atoms with van der Waals surface area (Å²) in [6, 6.07) is 8.66. The van der Waals surface area contributed by atoms with Crippen LogP contribution >= 0.6 is 0 Å². The van der Waals surface area contributed by atoms with E-state index in [-0.39, 0.29) is 0 Å². The van der Waals surface area contributed by atoms with Crippen LogP contribution < -0.4 is 4.74 Å². The minimum atomic E-state index is 0.583. The van der Waals surface area contributed by atoms with Crippen LogP contribution in [0.3, 0.4) is 0 Å². The number of benzene rings is 1. The zero-order chi connectivity index (χ0) is 20.3. The quantitative estimate of drug-likeness (QED) is 0.434. The van der Waals surface area contributed by atoms with Crippen molar-refractivity contribution in [1.82, 2.24) is 0 Å². The summed E-state index contributed by atoms with van der Waals surface area (Å²) in [7, 11) is 0. The van der Waals surface area contributed by atoms with E-state index in [1.165, 1.54) is 69.8 Å². The standard InChI is InChI=1S/C28H40O/c1-3-7-24-18-20-28(21-19-24)29-22-27-16-14-26(15-17-27)9-6-5-8-25-12-10-23(4-2)11-13-25/h5,8,18-21,23,25-27H,3-4,7,10-17,22H2,1-2H3/t23-,25-,26-,27-. The fourth-order valence-electron chi connectivity index (χ4n) is 4.87. The first kappa shape index (κ1) is 22.0. The summed E-state index contributed by atoms with van der Waals surface area (Å²) in [5.41, 5.74) is 1.40. The molecule has 2 aliphatic carbocycles. The van der Waals surface area contributed by atoms with Gasteiger partial charge in [0.05, 0.1) is 6.61 Å². The van der Waals surface area contributed by atoms with Crippen LogP contribution in [0.25, 0.3) is 0 Å². The van der Waals surface area contributed by atoms with Crippen LogP contribution in [0.15, 0.2) is 36.4 Å². The molecule has 158 valence electrons. The van der Waals surface area contributed by atoms with Crippen molar-refractivity contribution in [1.29, 1.82) is 0 Å². The normalized spacial score (nSPS) is 27.4. The van der Waals surface area contributed by atoms with Crippen molar-refractivity contribution >= 4 is 0 Å². The smallest absolute Gasteiger partial charge is 0.119 e. The second-order valence-electron chi connectivity index (χ2n) is 9.26. The molecule has 0 amide bonds. The highest BCUT2D eigenvalue weighted by atomic mass is 16.5. The average molecular weight is 393 g/mol. The number of rotatable bonds is 7. The highest BCUT2D eigenvalue weighted by molar-refractivity contribution is 5.27. The monoisotopic (exact) mass is 392 g/mol. The maximum Gasteiger partial charge on any atom is 0.119 e. The topological polar surface area (TPSA) is 9.23 Å². The predicted molar refractivity (Wildman–Crippen MR) is 124 cm³/mol. The van der Waals surface area contributed by atoms with Crippen LogP contribution in [0.1, 0.15) is 83.6 Å². The maximum absolute atomic E-state index is 6.05. The van der Waals surface area contributed by atoms with Gasteiger partial charge >= 0.3 is 0 Å². The molecule has 1 aromatic carbocycles. The zero-order valence-corrected chi connectivity index (χ0v) is 18.7. The van der Waals surface area contributed by atoms with Crippen molar-refractivity contribution in [3.8, 4) is 17.6 Å². The Morgan fingerprint density at radius 1 is 0.897 bits per heavy atom. The summed E-state index contributed by atoms with van der Waals surface area (Å²) >= 11 is 0. The van der Waals surface area contributed by atoms with Crippen molar-refractivity contribution in [2.75, 3.05) is 6.61 Å². The average Bonchev–Trinajstić information content (AvgIpc) is 2.78. The van der Waals surface area contributed by atoms with Gasteiger partial charge in [-0.05, 0) is 99.3 Å². The molecular weight excluding hydrogens is 352 g/mol. The van der Waals surface area contributed by atoms with Gasteiger partial charge in [-0.1, -0.05) is 56.7 Å². The predicted octanol–water partition coefficient (Wildman–Crippen LogP) is 7.60. The highest BCUT2D eigenvalue weighted by Gasteiger charge is 2.20. The van der Waals surface area contributed by atoms with Gasteiger partial charge in [0.1, 0.15) is 5.75 Å². The van der Waals surface area contributed by atoms with Crippen molar-refractivity contribution in [3.63, 3.8) is 0 Å². The van der Waals surface area contributed by atoms with E-state index in [2.05, 4.69) is 62.1 Å². The summed E-state index contributed by atoms with van der Waals surface area (Å²) in [6.07, 6.45) is 18.7.